The average Bonchev–Trinajstić information content (AvgIpc) is 2.40. The lowest BCUT2D eigenvalue weighted by atomic mass is 9.62. The smallest absolute Gasteiger partial charge is 0.0295 e. The maximum atomic E-state index is 5.99. The minimum Gasteiger partial charge on any atom is -0.271 e. The van der Waals surface area contributed by atoms with Crippen LogP contribution in [0, 0.1) is 17.3 Å². The summed E-state index contributed by atoms with van der Waals surface area (Å²) in [6, 6.07) is 0.544. The molecule has 2 fully saturated rings. The first-order valence-corrected chi connectivity index (χ1v) is 8.17. The van der Waals surface area contributed by atoms with E-state index in [2.05, 4.69) is 19.3 Å². The molecule has 2 heteroatoms. The van der Waals surface area contributed by atoms with Gasteiger partial charge in [-0.05, 0) is 36.5 Å². The minimum absolute atomic E-state index is 0.447. The van der Waals surface area contributed by atoms with Crippen LogP contribution in [0.3, 0.4) is 0 Å². The van der Waals surface area contributed by atoms with Crippen molar-refractivity contribution in [3.8, 4) is 0 Å². The summed E-state index contributed by atoms with van der Waals surface area (Å²) >= 11 is 0. The summed E-state index contributed by atoms with van der Waals surface area (Å²) in [6.07, 6.45) is 14.0. The third-order valence-electron chi connectivity index (χ3n) is 5.85. The number of rotatable bonds is 4. The Morgan fingerprint density at radius 3 is 2.39 bits per heavy atom. The van der Waals surface area contributed by atoms with Gasteiger partial charge < -0.3 is 0 Å². The van der Waals surface area contributed by atoms with E-state index in [9.17, 15) is 0 Å². The SMILES string of the molecule is CCC1CCCCC1C(NN)C1(C)CCCCC1. The standard InChI is InChI=1S/C16H32N2/c1-3-13-9-5-6-10-14(13)15(18-17)16(2)11-7-4-8-12-16/h13-15,18H,3-12,17H2,1-2H3. The van der Waals surface area contributed by atoms with Gasteiger partial charge in [0.15, 0.2) is 0 Å². The summed E-state index contributed by atoms with van der Waals surface area (Å²) in [7, 11) is 0. The molecule has 0 bridgehead atoms. The quantitative estimate of drug-likeness (QED) is 0.586. The van der Waals surface area contributed by atoms with Crippen LogP contribution < -0.4 is 11.3 Å². The molecule has 2 saturated carbocycles. The Labute approximate surface area is 113 Å². The molecule has 0 heterocycles. The first-order valence-electron chi connectivity index (χ1n) is 8.17. The molecule has 2 rings (SSSR count). The van der Waals surface area contributed by atoms with Crippen molar-refractivity contribution in [1.82, 2.24) is 5.43 Å². The van der Waals surface area contributed by atoms with E-state index in [-0.39, 0.29) is 0 Å². The highest BCUT2D eigenvalue weighted by Gasteiger charge is 2.42. The minimum atomic E-state index is 0.447. The number of hydrogen-bond donors (Lipinski definition) is 2. The average molecular weight is 252 g/mol. The number of nitrogens with two attached hydrogens (primary N) is 1. The van der Waals surface area contributed by atoms with Crippen LogP contribution in [-0.4, -0.2) is 6.04 Å². The van der Waals surface area contributed by atoms with Gasteiger partial charge in [0, 0.05) is 6.04 Å². The molecule has 3 atom stereocenters. The number of hydrazine groups is 1. The van der Waals surface area contributed by atoms with Crippen LogP contribution in [0.1, 0.15) is 78.1 Å². The lowest BCUT2D eigenvalue weighted by molar-refractivity contribution is 0.0548. The molecule has 0 aliphatic heterocycles. The predicted molar refractivity (Wildman–Crippen MR) is 78.0 cm³/mol. The lowest BCUT2D eigenvalue weighted by Gasteiger charge is -2.47. The zero-order valence-electron chi connectivity index (χ0n) is 12.4. The fourth-order valence-electron chi connectivity index (χ4n) is 4.69. The fraction of sp³-hybridized carbons (Fsp3) is 1.00. The third-order valence-corrected chi connectivity index (χ3v) is 5.85. The van der Waals surface area contributed by atoms with E-state index >= 15 is 0 Å². The highest BCUT2D eigenvalue weighted by Crippen LogP contribution is 2.46. The van der Waals surface area contributed by atoms with Gasteiger partial charge in [-0.2, -0.15) is 0 Å². The van der Waals surface area contributed by atoms with Crippen molar-refractivity contribution >= 4 is 0 Å². The summed E-state index contributed by atoms with van der Waals surface area (Å²) in [5, 5.41) is 0. The van der Waals surface area contributed by atoms with Crippen LogP contribution in [0.15, 0.2) is 0 Å². The Bertz CT molecular complexity index is 245. The first-order chi connectivity index (χ1) is 8.71. The van der Waals surface area contributed by atoms with Gasteiger partial charge in [0.25, 0.3) is 0 Å². The summed E-state index contributed by atoms with van der Waals surface area (Å²) in [5.41, 5.74) is 3.69. The number of nitrogens with one attached hydrogen (secondary N) is 1. The Kier molecular flexibility index (Phi) is 5.08. The van der Waals surface area contributed by atoms with Crippen molar-refractivity contribution < 1.29 is 0 Å². The van der Waals surface area contributed by atoms with E-state index in [4.69, 9.17) is 5.84 Å². The molecule has 0 amide bonds. The van der Waals surface area contributed by atoms with Crippen LogP contribution in [0.5, 0.6) is 0 Å². The van der Waals surface area contributed by atoms with E-state index in [1.54, 1.807) is 0 Å². The van der Waals surface area contributed by atoms with E-state index in [1.165, 1.54) is 64.2 Å². The molecule has 3 N–H and O–H groups in total. The molecule has 106 valence electrons. The van der Waals surface area contributed by atoms with Crippen LogP contribution in [-0.2, 0) is 0 Å². The molecule has 0 aromatic heterocycles. The largest absolute Gasteiger partial charge is 0.271 e. The predicted octanol–water partition coefficient (Wildman–Crippen LogP) is 4.01. The maximum Gasteiger partial charge on any atom is 0.0295 e. The van der Waals surface area contributed by atoms with E-state index < -0.39 is 0 Å². The molecular weight excluding hydrogens is 220 g/mol. The zero-order valence-corrected chi connectivity index (χ0v) is 12.4. The third kappa shape index (κ3) is 2.91. The molecule has 3 unspecified atom stereocenters. The molecule has 0 radical (unpaired) electrons. The molecule has 18 heavy (non-hydrogen) atoms. The molecule has 2 aliphatic rings. The highest BCUT2D eigenvalue weighted by atomic mass is 15.2. The maximum absolute atomic E-state index is 5.99. The molecule has 0 spiro atoms. The van der Waals surface area contributed by atoms with Crippen LogP contribution >= 0.6 is 0 Å². The van der Waals surface area contributed by atoms with Crippen molar-refractivity contribution in [2.75, 3.05) is 0 Å². The first kappa shape index (κ1) is 14.3. The van der Waals surface area contributed by atoms with Gasteiger partial charge in [-0.15, -0.1) is 0 Å². The number of hydrogen-bond acceptors (Lipinski definition) is 2. The second-order valence-corrected chi connectivity index (χ2v) is 6.98. The Balaban J connectivity index is 2.10. The molecule has 0 aromatic carbocycles. The van der Waals surface area contributed by atoms with Gasteiger partial charge in [0.05, 0.1) is 0 Å². The zero-order chi connectivity index (χ0) is 13.0. The highest BCUT2D eigenvalue weighted by molar-refractivity contribution is 4.95. The normalized spacial score (nSPS) is 34.2. The van der Waals surface area contributed by atoms with Crippen LogP contribution in [0.2, 0.25) is 0 Å². The van der Waals surface area contributed by atoms with Crippen molar-refractivity contribution in [1.29, 1.82) is 0 Å². The topological polar surface area (TPSA) is 38.0 Å². The Hall–Kier alpha value is -0.0800. The summed E-state index contributed by atoms with van der Waals surface area (Å²) < 4.78 is 0. The molecule has 0 saturated heterocycles. The van der Waals surface area contributed by atoms with Gasteiger partial charge in [-0.1, -0.05) is 58.8 Å². The van der Waals surface area contributed by atoms with Crippen LogP contribution in [0.25, 0.3) is 0 Å². The Morgan fingerprint density at radius 2 is 1.78 bits per heavy atom. The summed E-state index contributed by atoms with van der Waals surface area (Å²) in [4.78, 5) is 0. The molecule has 2 nitrogen and oxygen atoms in total. The van der Waals surface area contributed by atoms with Crippen molar-refractivity contribution in [3.63, 3.8) is 0 Å². The van der Waals surface area contributed by atoms with Crippen molar-refractivity contribution in [2.45, 2.75) is 84.1 Å². The lowest BCUT2D eigenvalue weighted by Crippen LogP contribution is -2.54. The van der Waals surface area contributed by atoms with E-state index in [0.29, 0.717) is 11.5 Å². The van der Waals surface area contributed by atoms with Crippen molar-refractivity contribution in [2.24, 2.45) is 23.1 Å². The van der Waals surface area contributed by atoms with E-state index in [0.717, 1.165) is 11.8 Å². The van der Waals surface area contributed by atoms with Crippen LogP contribution in [0.4, 0.5) is 0 Å². The van der Waals surface area contributed by atoms with Gasteiger partial charge in [-0.25, -0.2) is 0 Å². The van der Waals surface area contributed by atoms with Gasteiger partial charge in [0.1, 0.15) is 0 Å². The van der Waals surface area contributed by atoms with Crippen molar-refractivity contribution in [3.05, 3.63) is 0 Å². The molecule has 2 aliphatic carbocycles. The summed E-state index contributed by atoms with van der Waals surface area (Å²) in [5.74, 6) is 7.70. The molecule has 0 aromatic rings. The Morgan fingerprint density at radius 1 is 1.11 bits per heavy atom. The van der Waals surface area contributed by atoms with E-state index in [1.807, 2.05) is 0 Å². The monoisotopic (exact) mass is 252 g/mol. The second kappa shape index (κ2) is 6.38. The fourth-order valence-corrected chi connectivity index (χ4v) is 4.69. The van der Waals surface area contributed by atoms with Gasteiger partial charge >= 0.3 is 0 Å². The van der Waals surface area contributed by atoms with Gasteiger partial charge in [-0.3, -0.25) is 11.3 Å². The second-order valence-electron chi connectivity index (χ2n) is 6.98. The molecular formula is C16H32N2. The summed E-state index contributed by atoms with van der Waals surface area (Å²) in [6.45, 7) is 4.85. The van der Waals surface area contributed by atoms with Gasteiger partial charge in [0.2, 0.25) is 0 Å².